The van der Waals surface area contributed by atoms with E-state index in [1.807, 2.05) is 30.7 Å². The fourth-order valence-electron chi connectivity index (χ4n) is 1.45. The van der Waals surface area contributed by atoms with Crippen molar-refractivity contribution >= 4 is 23.1 Å². The van der Waals surface area contributed by atoms with E-state index in [0.717, 1.165) is 5.56 Å². The lowest BCUT2D eigenvalue weighted by Crippen LogP contribution is -2.48. The van der Waals surface area contributed by atoms with Gasteiger partial charge in [0.25, 0.3) is 0 Å². The standard InChI is InChI=1S/C11H17N3O2S/c1-7(2)10(11(12)14-16)13-9(15)5-8-3-4-17-6-8/h3-4,6-7,10,16H,5H2,1-2H3,(H2,12,14)(H,13,15). The minimum Gasteiger partial charge on any atom is -0.409 e. The van der Waals surface area contributed by atoms with Crippen molar-refractivity contribution in [2.24, 2.45) is 16.8 Å². The largest absolute Gasteiger partial charge is 0.409 e. The molecule has 0 saturated carbocycles. The zero-order valence-corrected chi connectivity index (χ0v) is 10.7. The van der Waals surface area contributed by atoms with Crippen LogP contribution in [0, 0.1) is 5.92 Å². The van der Waals surface area contributed by atoms with Crippen molar-refractivity contribution < 1.29 is 10.0 Å². The monoisotopic (exact) mass is 255 g/mol. The molecule has 5 nitrogen and oxygen atoms in total. The first-order valence-corrected chi connectivity index (χ1v) is 6.26. The number of amidine groups is 1. The van der Waals surface area contributed by atoms with Crippen LogP contribution in [0.1, 0.15) is 19.4 Å². The molecule has 6 heteroatoms. The molecule has 0 aliphatic heterocycles. The second-order valence-electron chi connectivity index (χ2n) is 4.12. The molecule has 1 amide bonds. The smallest absolute Gasteiger partial charge is 0.225 e. The number of thiophene rings is 1. The van der Waals surface area contributed by atoms with Gasteiger partial charge in [0.05, 0.1) is 12.5 Å². The molecule has 0 saturated heterocycles. The number of nitrogens with two attached hydrogens (primary N) is 1. The number of carbonyl (C=O) groups is 1. The summed E-state index contributed by atoms with van der Waals surface area (Å²) in [7, 11) is 0. The summed E-state index contributed by atoms with van der Waals surface area (Å²) in [4.78, 5) is 11.7. The van der Waals surface area contributed by atoms with Crippen molar-refractivity contribution in [1.82, 2.24) is 5.32 Å². The van der Waals surface area contributed by atoms with Gasteiger partial charge in [0.1, 0.15) is 0 Å². The van der Waals surface area contributed by atoms with Crippen molar-refractivity contribution in [2.75, 3.05) is 0 Å². The molecular weight excluding hydrogens is 238 g/mol. The highest BCUT2D eigenvalue weighted by molar-refractivity contribution is 7.07. The van der Waals surface area contributed by atoms with Gasteiger partial charge in [0.2, 0.25) is 5.91 Å². The van der Waals surface area contributed by atoms with Gasteiger partial charge < -0.3 is 16.3 Å². The van der Waals surface area contributed by atoms with E-state index in [1.165, 1.54) is 0 Å². The lowest BCUT2D eigenvalue weighted by Gasteiger charge is -2.20. The van der Waals surface area contributed by atoms with Crippen molar-refractivity contribution in [3.8, 4) is 0 Å². The molecule has 94 valence electrons. The molecule has 1 unspecified atom stereocenters. The van der Waals surface area contributed by atoms with Gasteiger partial charge in [-0.25, -0.2) is 0 Å². The molecule has 0 spiro atoms. The summed E-state index contributed by atoms with van der Waals surface area (Å²) in [5.74, 6) is -0.0373. The fourth-order valence-corrected chi connectivity index (χ4v) is 2.12. The molecular formula is C11H17N3O2S. The number of nitrogens with zero attached hydrogens (tertiary/aromatic N) is 1. The topological polar surface area (TPSA) is 87.7 Å². The van der Waals surface area contributed by atoms with E-state index >= 15 is 0 Å². The maximum atomic E-state index is 11.7. The maximum Gasteiger partial charge on any atom is 0.225 e. The van der Waals surface area contributed by atoms with E-state index in [1.54, 1.807) is 11.3 Å². The van der Waals surface area contributed by atoms with E-state index in [-0.39, 0.29) is 17.7 Å². The van der Waals surface area contributed by atoms with E-state index in [0.29, 0.717) is 6.42 Å². The van der Waals surface area contributed by atoms with E-state index in [2.05, 4.69) is 10.5 Å². The molecule has 1 aromatic heterocycles. The third-order valence-electron chi connectivity index (χ3n) is 2.36. The first-order chi connectivity index (χ1) is 8.04. The van der Waals surface area contributed by atoms with Gasteiger partial charge in [-0.05, 0) is 28.3 Å². The summed E-state index contributed by atoms with van der Waals surface area (Å²) in [5.41, 5.74) is 6.49. The van der Waals surface area contributed by atoms with Crippen LogP contribution in [0.2, 0.25) is 0 Å². The molecule has 0 fully saturated rings. The summed E-state index contributed by atoms with van der Waals surface area (Å²) >= 11 is 1.55. The van der Waals surface area contributed by atoms with Gasteiger partial charge in [0, 0.05) is 0 Å². The minimum atomic E-state index is -0.439. The highest BCUT2D eigenvalue weighted by Crippen LogP contribution is 2.07. The lowest BCUT2D eigenvalue weighted by molar-refractivity contribution is -0.121. The number of rotatable bonds is 5. The van der Waals surface area contributed by atoms with Crippen LogP contribution in [-0.2, 0) is 11.2 Å². The Morgan fingerprint density at radius 3 is 2.82 bits per heavy atom. The quantitative estimate of drug-likeness (QED) is 0.319. The van der Waals surface area contributed by atoms with Crippen LogP contribution in [0.4, 0.5) is 0 Å². The summed E-state index contributed by atoms with van der Waals surface area (Å²) < 4.78 is 0. The molecule has 1 rings (SSSR count). The van der Waals surface area contributed by atoms with Crippen LogP contribution >= 0.6 is 11.3 Å². The van der Waals surface area contributed by atoms with Crippen LogP contribution in [0.25, 0.3) is 0 Å². The van der Waals surface area contributed by atoms with Crippen LogP contribution in [0.5, 0.6) is 0 Å². The Labute approximate surface area is 104 Å². The Balaban J connectivity index is 2.59. The highest BCUT2D eigenvalue weighted by Gasteiger charge is 2.20. The number of amides is 1. The van der Waals surface area contributed by atoms with Gasteiger partial charge in [-0.1, -0.05) is 19.0 Å². The minimum absolute atomic E-state index is 0.0265. The van der Waals surface area contributed by atoms with Crippen molar-refractivity contribution in [1.29, 1.82) is 0 Å². The predicted octanol–water partition coefficient (Wildman–Crippen LogP) is 1.18. The average Bonchev–Trinajstić information content (AvgIpc) is 2.77. The third kappa shape index (κ3) is 4.07. The van der Waals surface area contributed by atoms with Crippen LogP contribution in [0.3, 0.4) is 0 Å². The molecule has 1 heterocycles. The lowest BCUT2D eigenvalue weighted by atomic mass is 10.0. The Morgan fingerprint density at radius 1 is 1.65 bits per heavy atom. The molecule has 4 N–H and O–H groups in total. The second kappa shape index (κ2) is 6.24. The van der Waals surface area contributed by atoms with E-state index in [4.69, 9.17) is 10.9 Å². The Kier molecular flexibility index (Phi) is 4.96. The number of oxime groups is 1. The zero-order valence-electron chi connectivity index (χ0n) is 9.88. The molecule has 0 aromatic carbocycles. The predicted molar refractivity (Wildman–Crippen MR) is 68.2 cm³/mol. The number of hydrogen-bond donors (Lipinski definition) is 3. The summed E-state index contributed by atoms with van der Waals surface area (Å²) in [5, 5.41) is 18.2. The summed E-state index contributed by atoms with van der Waals surface area (Å²) in [6.07, 6.45) is 0.311. The van der Waals surface area contributed by atoms with Gasteiger partial charge in [-0.15, -0.1) is 0 Å². The Bertz CT molecular complexity index is 387. The van der Waals surface area contributed by atoms with Gasteiger partial charge >= 0.3 is 0 Å². The molecule has 0 bridgehead atoms. The maximum absolute atomic E-state index is 11.7. The van der Waals surface area contributed by atoms with Crippen LogP contribution < -0.4 is 11.1 Å². The van der Waals surface area contributed by atoms with E-state index < -0.39 is 6.04 Å². The molecule has 1 aromatic rings. The molecule has 0 aliphatic carbocycles. The Hall–Kier alpha value is -1.56. The Morgan fingerprint density at radius 2 is 2.35 bits per heavy atom. The summed E-state index contributed by atoms with van der Waals surface area (Å²) in [6.45, 7) is 3.79. The first-order valence-electron chi connectivity index (χ1n) is 5.32. The van der Waals surface area contributed by atoms with E-state index in [9.17, 15) is 4.79 Å². The fraction of sp³-hybridized carbons (Fsp3) is 0.455. The van der Waals surface area contributed by atoms with Crippen molar-refractivity contribution in [3.63, 3.8) is 0 Å². The number of carbonyl (C=O) groups excluding carboxylic acids is 1. The molecule has 1 atom stereocenters. The first kappa shape index (κ1) is 13.5. The molecule has 0 radical (unpaired) electrons. The average molecular weight is 255 g/mol. The van der Waals surface area contributed by atoms with Crippen LogP contribution in [0.15, 0.2) is 22.0 Å². The van der Waals surface area contributed by atoms with Gasteiger partial charge in [-0.3, -0.25) is 4.79 Å². The SMILES string of the molecule is CC(C)C(NC(=O)Cc1ccsc1)C(N)=NO. The summed E-state index contributed by atoms with van der Waals surface area (Å²) in [6, 6.07) is 1.46. The van der Waals surface area contributed by atoms with Gasteiger partial charge in [0.15, 0.2) is 5.84 Å². The molecule has 0 aliphatic rings. The highest BCUT2D eigenvalue weighted by atomic mass is 32.1. The van der Waals surface area contributed by atoms with Gasteiger partial charge in [-0.2, -0.15) is 11.3 Å². The normalized spacial score (nSPS) is 13.7. The zero-order chi connectivity index (χ0) is 12.8. The van der Waals surface area contributed by atoms with Crippen molar-refractivity contribution in [3.05, 3.63) is 22.4 Å². The third-order valence-corrected chi connectivity index (χ3v) is 3.09. The second-order valence-corrected chi connectivity index (χ2v) is 4.90. The van der Waals surface area contributed by atoms with Crippen molar-refractivity contribution in [2.45, 2.75) is 26.3 Å². The number of hydrogen-bond acceptors (Lipinski definition) is 4. The van der Waals surface area contributed by atoms with Crippen LogP contribution in [-0.4, -0.2) is 23.0 Å². The number of nitrogens with one attached hydrogen (secondary N) is 1. The molecule has 17 heavy (non-hydrogen) atoms.